The molecule has 0 fully saturated rings. The van der Waals surface area contributed by atoms with Gasteiger partial charge in [-0.3, -0.25) is 10.1 Å². The van der Waals surface area contributed by atoms with Gasteiger partial charge in [0.1, 0.15) is 23.2 Å². The minimum absolute atomic E-state index is 0.0345. The largest absolute Gasteiger partial charge is 0.479 e. The fourth-order valence-electron chi connectivity index (χ4n) is 2.67. The molecule has 0 atom stereocenters. The Kier molecular flexibility index (Phi) is 9.08. The zero-order valence-electron chi connectivity index (χ0n) is 17.7. The van der Waals surface area contributed by atoms with Gasteiger partial charge < -0.3 is 14.4 Å². The zero-order valence-corrected chi connectivity index (χ0v) is 18.5. The molecular formula is C22H20ClN5O5. The SMILES string of the molecule is C=CCN(CC=C)c1ccc(N=Nc2c(Cl)cc([N+](=O)[O-])cc2C#N)c(OCC(=O)OC)c1. The van der Waals surface area contributed by atoms with E-state index in [9.17, 15) is 20.2 Å². The molecule has 0 aromatic heterocycles. The van der Waals surface area contributed by atoms with Crippen molar-refractivity contribution in [2.45, 2.75) is 0 Å². The van der Waals surface area contributed by atoms with Crippen LogP contribution >= 0.6 is 11.6 Å². The highest BCUT2D eigenvalue weighted by Gasteiger charge is 2.16. The molecule has 11 heteroatoms. The van der Waals surface area contributed by atoms with Gasteiger partial charge in [0.2, 0.25) is 0 Å². The Morgan fingerprint density at radius 3 is 2.55 bits per heavy atom. The summed E-state index contributed by atoms with van der Waals surface area (Å²) < 4.78 is 10.2. The van der Waals surface area contributed by atoms with E-state index in [1.807, 2.05) is 11.0 Å². The molecule has 0 amide bonds. The fraction of sp³-hybridized carbons (Fsp3) is 0.182. The minimum Gasteiger partial charge on any atom is -0.479 e. The number of carbonyl (C=O) groups is 1. The molecular weight excluding hydrogens is 450 g/mol. The number of ether oxygens (including phenoxy) is 2. The number of esters is 1. The number of methoxy groups -OCH3 is 1. The van der Waals surface area contributed by atoms with Gasteiger partial charge in [0, 0.05) is 37.0 Å². The number of rotatable bonds is 11. The van der Waals surface area contributed by atoms with E-state index < -0.39 is 10.9 Å². The molecule has 0 heterocycles. The molecule has 33 heavy (non-hydrogen) atoms. The molecule has 2 rings (SSSR count). The molecule has 0 saturated heterocycles. The summed E-state index contributed by atoms with van der Waals surface area (Å²) in [5.41, 5.74) is 0.492. The molecule has 0 radical (unpaired) electrons. The number of nitriles is 1. The third-order valence-corrected chi connectivity index (χ3v) is 4.51. The van der Waals surface area contributed by atoms with E-state index in [1.54, 1.807) is 30.4 Å². The number of hydrogen-bond donors (Lipinski definition) is 0. The number of nitro benzene ring substituents is 1. The zero-order chi connectivity index (χ0) is 24.4. The van der Waals surface area contributed by atoms with Crippen molar-refractivity contribution in [3.8, 4) is 11.8 Å². The highest BCUT2D eigenvalue weighted by atomic mass is 35.5. The summed E-state index contributed by atoms with van der Waals surface area (Å²) >= 11 is 6.09. The summed E-state index contributed by atoms with van der Waals surface area (Å²) in [5, 5.41) is 28.3. The average molecular weight is 470 g/mol. The van der Waals surface area contributed by atoms with Crippen LogP contribution in [0, 0.1) is 21.4 Å². The smallest absolute Gasteiger partial charge is 0.343 e. The van der Waals surface area contributed by atoms with Crippen LogP contribution in [0.15, 0.2) is 65.9 Å². The lowest BCUT2D eigenvalue weighted by Crippen LogP contribution is -2.23. The van der Waals surface area contributed by atoms with Crippen LogP contribution in [0.1, 0.15) is 5.56 Å². The Bertz CT molecular complexity index is 1130. The van der Waals surface area contributed by atoms with Crippen LogP contribution in [-0.4, -0.2) is 37.7 Å². The van der Waals surface area contributed by atoms with E-state index in [-0.39, 0.29) is 40.0 Å². The molecule has 0 aliphatic rings. The van der Waals surface area contributed by atoms with Crippen molar-refractivity contribution in [1.29, 1.82) is 5.26 Å². The minimum atomic E-state index is -0.663. The van der Waals surface area contributed by atoms with Gasteiger partial charge in [-0.1, -0.05) is 23.8 Å². The van der Waals surface area contributed by atoms with Crippen LogP contribution in [0.3, 0.4) is 0 Å². The van der Waals surface area contributed by atoms with Crippen LogP contribution in [0.5, 0.6) is 5.75 Å². The van der Waals surface area contributed by atoms with E-state index in [0.717, 1.165) is 17.8 Å². The number of non-ortho nitro benzene ring substituents is 1. The van der Waals surface area contributed by atoms with Gasteiger partial charge in [-0.25, -0.2) is 4.79 Å². The molecule has 170 valence electrons. The summed E-state index contributed by atoms with van der Waals surface area (Å²) in [6.07, 6.45) is 3.46. The maximum absolute atomic E-state index is 11.6. The van der Waals surface area contributed by atoms with Gasteiger partial charge in [0.05, 0.1) is 22.6 Å². The van der Waals surface area contributed by atoms with Gasteiger partial charge in [0.25, 0.3) is 5.69 Å². The predicted octanol–water partition coefficient (Wildman–Crippen LogP) is 5.27. The molecule has 2 aromatic rings. The molecule has 10 nitrogen and oxygen atoms in total. The number of benzene rings is 2. The van der Waals surface area contributed by atoms with Gasteiger partial charge in [-0.15, -0.1) is 23.4 Å². The lowest BCUT2D eigenvalue weighted by molar-refractivity contribution is -0.384. The maximum Gasteiger partial charge on any atom is 0.343 e. The van der Waals surface area contributed by atoms with Crippen LogP contribution in [0.2, 0.25) is 5.02 Å². The highest BCUT2D eigenvalue weighted by Crippen LogP contribution is 2.37. The number of carbonyl (C=O) groups excluding carboxylic acids is 1. The summed E-state index contributed by atoms with van der Waals surface area (Å²) in [6.45, 7) is 8.18. The van der Waals surface area contributed by atoms with Gasteiger partial charge in [0.15, 0.2) is 6.61 Å². The molecule has 0 bridgehead atoms. The van der Waals surface area contributed by atoms with Crippen molar-refractivity contribution >= 4 is 40.3 Å². The first-order chi connectivity index (χ1) is 15.8. The van der Waals surface area contributed by atoms with Gasteiger partial charge >= 0.3 is 5.97 Å². The van der Waals surface area contributed by atoms with Crippen molar-refractivity contribution in [2.75, 3.05) is 31.7 Å². The Balaban J connectivity index is 2.50. The van der Waals surface area contributed by atoms with Crippen LogP contribution in [0.25, 0.3) is 0 Å². The van der Waals surface area contributed by atoms with Gasteiger partial charge in [-0.2, -0.15) is 5.26 Å². The van der Waals surface area contributed by atoms with Crippen LogP contribution < -0.4 is 9.64 Å². The molecule has 0 saturated carbocycles. The maximum atomic E-state index is 11.6. The number of azo groups is 1. The second-order valence-electron chi connectivity index (χ2n) is 6.39. The summed E-state index contributed by atoms with van der Waals surface area (Å²) in [7, 11) is 1.23. The Morgan fingerprint density at radius 2 is 1.97 bits per heavy atom. The summed E-state index contributed by atoms with van der Waals surface area (Å²) in [5.74, 6) is -0.376. The van der Waals surface area contributed by atoms with Crippen LogP contribution in [0.4, 0.5) is 22.7 Å². The average Bonchev–Trinajstić information content (AvgIpc) is 2.81. The molecule has 0 aliphatic carbocycles. The Labute approximate surface area is 195 Å². The van der Waals surface area contributed by atoms with E-state index in [0.29, 0.717) is 13.1 Å². The van der Waals surface area contributed by atoms with E-state index in [1.165, 1.54) is 7.11 Å². The second kappa shape index (κ2) is 12.0. The van der Waals surface area contributed by atoms with E-state index in [4.69, 9.17) is 16.3 Å². The van der Waals surface area contributed by atoms with Gasteiger partial charge in [-0.05, 0) is 12.1 Å². The lowest BCUT2D eigenvalue weighted by atomic mass is 10.2. The van der Waals surface area contributed by atoms with Crippen LogP contribution in [-0.2, 0) is 9.53 Å². The molecule has 0 aliphatic heterocycles. The predicted molar refractivity (Wildman–Crippen MR) is 124 cm³/mol. The standard InChI is InChI=1S/C22H20ClN5O5/c1-4-8-27(9-5-2)16-6-7-19(20(12-16)33-14-21(29)32-3)25-26-22-15(13-24)10-17(28(30)31)11-18(22)23/h4-7,10-12H,1-2,8-9,14H2,3H3. The monoisotopic (exact) mass is 469 g/mol. The lowest BCUT2D eigenvalue weighted by Gasteiger charge is -2.22. The highest BCUT2D eigenvalue weighted by molar-refractivity contribution is 6.33. The van der Waals surface area contributed by atoms with Crippen molar-refractivity contribution in [1.82, 2.24) is 0 Å². The van der Waals surface area contributed by atoms with Crippen molar-refractivity contribution in [3.63, 3.8) is 0 Å². The molecule has 0 N–H and O–H groups in total. The number of nitrogens with zero attached hydrogens (tertiary/aromatic N) is 5. The summed E-state index contributed by atoms with van der Waals surface area (Å²) in [4.78, 5) is 23.9. The third kappa shape index (κ3) is 6.62. The number of anilines is 1. The first-order valence-electron chi connectivity index (χ1n) is 9.44. The quantitative estimate of drug-likeness (QED) is 0.144. The first-order valence-corrected chi connectivity index (χ1v) is 9.82. The second-order valence-corrected chi connectivity index (χ2v) is 6.80. The third-order valence-electron chi connectivity index (χ3n) is 4.22. The molecule has 0 unspecified atom stereocenters. The number of nitro groups is 1. The Morgan fingerprint density at radius 1 is 1.27 bits per heavy atom. The van der Waals surface area contributed by atoms with Crippen molar-refractivity contribution in [2.24, 2.45) is 10.2 Å². The fourth-order valence-corrected chi connectivity index (χ4v) is 2.92. The van der Waals surface area contributed by atoms with E-state index >= 15 is 0 Å². The number of hydrogen-bond acceptors (Lipinski definition) is 9. The number of halogens is 1. The van der Waals surface area contributed by atoms with Crippen molar-refractivity contribution < 1.29 is 19.2 Å². The molecule has 0 spiro atoms. The van der Waals surface area contributed by atoms with E-state index in [2.05, 4.69) is 28.1 Å². The normalized spacial score (nSPS) is 10.3. The van der Waals surface area contributed by atoms with Crippen molar-refractivity contribution in [3.05, 3.63) is 76.3 Å². The first kappa shape index (κ1) is 25.0. The Hall–Kier alpha value is -4.23. The topological polar surface area (TPSA) is 130 Å². The summed E-state index contributed by atoms with van der Waals surface area (Å²) in [6, 6.07) is 8.98. The molecule has 2 aromatic carbocycles.